The number of benzene rings is 1. The van der Waals surface area contributed by atoms with Crippen LogP contribution >= 0.6 is 0 Å². The van der Waals surface area contributed by atoms with Crippen LogP contribution in [0.1, 0.15) is 49.4 Å². The van der Waals surface area contributed by atoms with Gasteiger partial charge in [-0.1, -0.05) is 6.92 Å². The van der Waals surface area contributed by atoms with Crippen LogP contribution in [0.3, 0.4) is 0 Å². The molecular weight excluding hydrogens is 292 g/mol. The van der Waals surface area contributed by atoms with Crippen molar-refractivity contribution in [1.29, 1.82) is 0 Å². The lowest BCUT2D eigenvalue weighted by atomic mass is 10.0. The number of likely N-dealkylation sites (tertiary alicyclic amines) is 1. The Morgan fingerprint density at radius 3 is 2.43 bits per heavy atom. The van der Waals surface area contributed by atoms with Gasteiger partial charge in [-0.3, -0.25) is 9.59 Å². The van der Waals surface area contributed by atoms with E-state index in [1.807, 2.05) is 11.8 Å². The Balaban J connectivity index is 1.78. The molecule has 126 valence electrons. The Hall–Kier alpha value is -1.88. The van der Waals surface area contributed by atoms with Crippen molar-refractivity contribution in [3.8, 4) is 5.75 Å². The van der Waals surface area contributed by atoms with Gasteiger partial charge in [-0.15, -0.1) is 0 Å². The van der Waals surface area contributed by atoms with E-state index in [4.69, 9.17) is 10.5 Å². The van der Waals surface area contributed by atoms with E-state index in [9.17, 15) is 9.59 Å². The van der Waals surface area contributed by atoms with Crippen molar-refractivity contribution in [1.82, 2.24) is 4.90 Å². The fourth-order valence-corrected chi connectivity index (χ4v) is 2.63. The number of ether oxygens (including phenoxy) is 1. The molecule has 2 N–H and O–H groups in total. The van der Waals surface area contributed by atoms with Crippen molar-refractivity contribution in [2.24, 2.45) is 5.73 Å². The second-order valence-corrected chi connectivity index (χ2v) is 6.01. The van der Waals surface area contributed by atoms with Crippen LogP contribution < -0.4 is 10.5 Å². The monoisotopic (exact) mass is 318 g/mol. The number of hydrogen-bond acceptors (Lipinski definition) is 4. The number of carbonyl (C=O) groups is 2. The largest absolute Gasteiger partial charge is 0.494 e. The molecule has 1 aliphatic rings. The summed E-state index contributed by atoms with van der Waals surface area (Å²) in [6.07, 6.45) is 3.15. The third-order valence-corrected chi connectivity index (χ3v) is 4.11. The first-order chi connectivity index (χ1) is 11.1. The van der Waals surface area contributed by atoms with Crippen LogP contribution in [-0.4, -0.2) is 42.3 Å². The summed E-state index contributed by atoms with van der Waals surface area (Å²) in [5.41, 5.74) is 6.46. The summed E-state index contributed by atoms with van der Waals surface area (Å²) >= 11 is 0. The van der Waals surface area contributed by atoms with Crippen molar-refractivity contribution < 1.29 is 14.3 Å². The van der Waals surface area contributed by atoms with E-state index >= 15 is 0 Å². The first-order valence-corrected chi connectivity index (χ1v) is 8.39. The highest BCUT2D eigenvalue weighted by Crippen LogP contribution is 2.15. The number of carbonyl (C=O) groups excluding carboxylic acids is 2. The van der Waals surface area contributed by atoms with E-state index < -0.39 is 0 Å². The average molecular weight is 318 g/mol. The van der Waals surface area contributed by atoms with E-state index in [2.05, 4.69) is 0 Å². The van der Waals surface area contributed by atoms with Gasteiger partial charge in [-0.25, -0.2) is 0 Å². The van der Waals surface area contributed by atoms with E-state index in [0.717, 1.165) is 25.0 Å². The van der Waals surface area contributed by atoms with Crippen molar-refractivity contribution >= 4 is 11.7 Å². The van der Waals surface area contributed by atoms with E-state index in [1.165, 1.54) is 0 Å². The quantitative estimate of drug-likeness (QED) is 0.784. The lowest BCUT2D eigenvalue weighted by Gasteiger charge is -2.30. The van der Waals surface area contributed by atoms with Crippen molar-refractivity contribution in [3.63, 3.8) is 0 Å². The van der Waals surface area contributed by atoms with Crippen molar-refractivity contribution in [2.75, 3.05) is 19.7 Å². The lowest BCUT2D eigenvalue weighted by molar-refractivity contribution is -0.132. The number of ketones is 1. The molecule has 1 aromatic rings. The van der Waals surface area contributed by atoms with Gasteiger partial charge in [0.05, 0.1) is 6.61 Å². The van der Waals surface area contributed by atoms with Gasteiger partial charge in [0.15, 0.2) is 5.78 Å². The molecule has 0 radical (unpaired) electrons. The summed E-state index contributed by atoms with van der Waals surface area (Å²) in [6.45, 7) is 4.13. The van der Waals surface area contributed by atoms with Crippen molar-refractivity contribution in [2.45, 2.75) is 45.1 Å². The first-order valence-electron chi connectivity index (χ1n) is 8.39. The average Bonchev–Trinajstić information content (AvgIpc) is 2.58. The maximum Gasteiger partial charge on any atom is 0.223 e. The van der Waals surface area contributed by atoms with Crippen molar-refractivity contribution in [3.05, 3.63) is 29.8 Å². The van der Waals surface area contributed by atoms with Gasteiger partial charge in [0.2, 0.25) is 5.91 Å². The highest BCUT2D eigenvalue weighted by molar-refractivity contribution is 5.98. The topological polar surface area (TPSA) is 72.6 Å². The van der Waals surface area contributed by atoms with E-state index in [1.54, 1.807) is 24.3 Å². The molecule has 1 aromatic carbocycles. The van der Waals surface area contributed by atoms with Crippen LogP contribution in [0, 0.1) is 0 Å². The molecular formula is C18H26N2O3. The van der Waals surface area contributed by atoms with E-state index in [-0.39, 0.29) is 30.6 Å². The summed E-state index contributed by atoms with van der Waals surface area (Å²) < 4.78 is 5.49. The number of nitrogens with zero attached hydrogens (tertiary/aromatic N) is 1. The van der Waals surface area contributed by atoms with Crippen LogP contribution in [0.5, 0.6) is 5.75 Å². The fourth-order valence-electron chi connectivity index (χ4n) is 2.63. The van der Waals surface area contributed by atoms with E-state index in [0.29, 0.717) is 25.3 Å². The van der Waals surface area contributed by atoms with Gasteiger partial charge < -0.3 is 15.4 Å². The Morgan fingerprint density at radius 1 is 1.17 bits per heavy atom. The SMILES string of the molecule is CCCOc1ccc(C(=O)CCC(=O)N2CCC(N)CC2)cc1. The molecule has 0 atom stereocenters. The summed E-state index contributed by atoms with van der Waals surface area (Å²) in [5.74, 6) is 0.811. The zero-order chi connectivity index (χ0) is 16.7. The lowest BCUT2D eigenvalue weighted by Crippen LogP contribution is -2.42. The molecule has 2 rings (SSSR count). The third kappa shape index (κ3) is 5.36. The van der Waals surface area contributed by atoms with Gasteiger partial charge in [-0.05, 0) is 43.5 Å². The predicted octanol–water partition coefficient (Wildman–Crippen LogP) is 2.39. The summed E-state index contributed by atoms with van der Waals surface area (Å²) in [6, 6.07) is 7.33. The Morgan fingerprint density at radius 2 is 1.83 bits per heavy atom. The fraction of sp³-hybridized carbons (Fsp3) is 0.556. The zero-order valence-electron chi connectivity index (χ0n) is 13.8. The standard InChI is InChI=1S/C18H26N2O3/c1-2-13-23-16-5-3-14(4-6-16)17(21)7-8-18(22)20-11-9-15(19)10-12-20/h3-6,15H,2,7-13,19H2,1H3. The molecule has 1 amide bonds. The molecule has 0 unspecified atom stereocenters. The smallest absolute Gasteiger partial charge is 0.223 e. The van der Waals surface area contributed by atoms with Crippen LogP contribution in [-0.2, 0) is 4.79 Å². The molecule has 1 aliphatic heterocycles. The van der Waals surface area contributed by atoms with Gasteiger partial charge in [0, 0.05) is 37.5 Å². The molecule has 23 heavy (non-hydrogen) atoms. The molecule has 0 aliphatic carbocycles. The van der Waals surface area contributed by atoms with Crippen LogP contribution in [0.2, 0.25) is 0 Å². The Labute approximate surface area is 137 Å². The zero-order valence-corrected chi connectivity index (χ0v) is 13.8. The Bertz CT molecular complexity index is 520. The third-order valence-electron chi connectivity index (χ3n) is 4.11. The molecule has 1 heterocycles. The molecule has 0 spiro atoms. The first kappa shape index (κ1) is 17.5. The van der Waals surface area contributed by atoms with Gasteiger partial charge in [0.25, 0.3) is 0 Å². The molecule has 5 nitrogen and oxygen atoms in total. The summed E-state index contributed by atoms with van der Waals surface area (Å²) in [4.78, 5) is 26.1. The molecule has 0 aromatic heterocycles. The number of piperidine rings is 1. The van der Waals surface area contributed by atoms with Crippen LogP contribution in [0.15, 0.2) is 24.3 Å². The summed E-state index contributed by atoms with van der Waals surface area (Å²) in [7, 11) is 0. The van der Waals surface area contributed by atoms with Gasteiger partial charge in [-0.2, -0.15) is 0 Å². The molecule has 0 bridgehead atoms. The Kier molecular flexibility index (Phi) is 6.59. The maximum absolute atomic E-state index is 12.2. The molecule has 1 saturated heterocycles. The van der Waals surface area contributed by atoms with Crippen LogP contribution in [0.4, 0.5) is 0 Å². The van der Waals surface area contributed by atoms with Gasteiger partial charge in [0.1, 0.15) is 5.75 Å². The number of Topliss-reactive ketones (excluding diaryl/α,β-unsaturated/α-hetero) is 1. The minimum atomic E-state index is -0.00546. The molecule has 5 heteroatoms. The number of amides is 1. The predicted molar refractivity (Wildman–Crippen MR) is 89.6 cm³/mol. The maximum atomic E-state index is 12.2. The number of hydrogen-bond donors (Lipinski definition) is 1. The summed E-state index contributed by atoms with van der Waals surface area (Å²) in [5, 5.41) is 0. The number of nitrogens with two attached hydrogens (primary N) is 1. The molecule has 0 saturated carbocycles. The highest BCUT2D eigenvalue weighted by Gasteiger charge is 2.21. The van der Waals surface area contributed by atoms with Gasteiger partial charge >= 0.3 is 0 Å². The highest BCUT2D eigenvalue weighted by atomic mass is 16.5. The second-order valence-electron chi connectivity index (χ2n) is 6.01. The number of rotatable bonds is 7. The minimum absolute atomic E-state index is 0.00546. The second kappa shape index (κ2) is 8.67. The molecule has 1 fully saturated rings. The minimum Gasteiger partial charge on any atom is -0.494 e. The normalized spacial score (nSPS) is 15.5. The van der Waals surface area contributed by atoms with Crippen LogP contribution in [0.25, 0.3) is 0 Å².